The van der Waals surface area contributed by atoms with E-state index in [2.05, 4.69) is 52.2 Å². The van der Waals surface area contributed by atoms with Crippen LogP contribution in [0.2, 0.25) is 5.02 Å². The summed E-state index contributed by atoms with van der Waals surface area (Å²) in [5.41, 5.74) is 3.48. The van der Waals surface area contributed by atoms with Crippen LogP contribution >= 0.6 is 11.6 Å². The molecule has 0 N–H and O–H groups in total. The third-order valence-electron chi connectivity index (χ3n) is 9.66. The lowest BCUT2D eigenvalue weighted by molar-refractivity contribution is 0.107. The van der Waals surface area contributed by atoms with E-state index in [1.54, 1.807) is 0 Å². The first-order valence-electron chi connectivity index (χ1n) is 14.6. The average Bonchev–Trinajstić information content (AvgIpc) is 3.71. The number of likely N-dealkylation sites (N-methyl/N-ethyl adjacent to an activating group) is 1. The van der Waals surface area contributed by atoms with Gasteiger partial charge in [-0.1, -0.05) is 35.9 Å². The molecule has 1 atom stereocenters. The van der Waals surface area contributed by atoms with Crippen LogP contribution in [0.5, 0.6) is 6.01 Å². The zero-order valence-corrected chi connectivity index (χ0v) is 23.9. The molecule has 3 saturated heterocycles. The number of hydrogen-bond acceptors (Lipinski definition) is 8. The highest BCUT2D eigenvalue weighted by Gasteiger charge is 2.45. The predicted molar refractivity (Wildman–Crippen MR) is 158 cm³/mol. The van der Waals surface area contributed by atoms with Gasteiger partial charge in [0.05, 0.1) is 28.8 Å². The molecule has 3 aromatic rings. The van der Waals surface area contributed by atoms with Gasteiger partial charge in [-0.05, 0) is 69.1 Å². The molecular weight excluding hydrogens is 522 g/mol. The lowest BCUT2D eigenvalue weighted by atomic mass is 9.95. The van der Waals surface area contributed by atoms with Crippen LogP contribution in [-0.4, -0.2) is 77.7 Å². The van der Waals surface area contributed by atoms with Crippen LogP contribution in [0, 0.1) is 11.5 Å². The lowest BCUT2D eigenvalue weighted by Crippen LogP contribution is -2.43. The van der Waals surface area contributed by atoms with Crippen molar-refractivity contribution in [2.75, 3.05) is 56.2 Å². The van der Waals surface area contributed by atoms with Gasteiger partial charge in [0, 0.05) is 43.3 Å². The summed E-state index contributed by atoms with van der Waals surface area (Å²) in [6.45, 7) is 6.02. The van der Waals surface area contributed by atoms with Crippen LogP contribution in [0.4, 0.5) is 11.5 Å². The Morgan fingerprint density at radius 1 is 1.10 bits per heavy atom. The van der Waals surface area contributed by atoms with Crippen molar-refractivity contribution in [1.29, 1.82) is 5.26 Å². The fourth-order valence-corrected chi connectivity index (χ4v) is 7.75. The molecular formula is C31H36ClN7O. The van der Waals surface area contributed by atoms with Crippen molar-refractivity contribution in [1.82, 2.24) is 19.8 Å². The molecule has 4 aliphatic heterocycles. The van der Waals surface area contributed by atoms with Gasteiger partial charge in [-0.25, -0.2) is 0 Å². The van der Waals surface area contributed by atoms with E-state index in [4.69, 9.17) is 26.3 Å². The van der Waals surface area contributed by atoms with Crippen LogP contribution in [0.25, 0.3) is 10.8 Å². The smallest absolute Gasteiger partial charge is 0.318 e. The molecule has 7 rings (SSSR count). The van der Waals surface area contributed by atoms with Gasteiger partial charge in [-0.2, -0.15) is 15.2 Å². The third kappa shape index (κ3) is 4.40. The molecule has 0 spiro atoms. The Labute approximate surface area is 241 Å². The van der Waals surface area contributed by atoms with E-state index in [1.165, 1.54) is 44.3 Å². The fraction of sp³-hybridized carbons (Fsp3) is 0.516. The minimum Gasteiger partial charge on any atom is -0.461 e. The van der Waals surface area contributed by atoms with Crippen LogP contribution in [0.15, 0.2) is 36.4 Å². The summed E-state index contributed by atoms with van der Waals surface area (Å²) in [5, 5.41) is 12.4. The normalized spacial score (nSPS) is 21.9. The van der Waals surface area contributed by atoms with Gasteiger partial charge in [0.1, 0.15) is 12.4 Å². The monoisotopic (exact) mass is 557 g/mol. The number of nitrogens with zero attached hydrogens (tertiary/aromatic N) is 7. The number of ether oxygens (including phenoxy) is 1. The van der Waals surface area contributed by atoms with Crippen molar-refractivity contribution in [3.05, 3.63) is 52.7 Å². The van der Waals surface area contributed by atoms with Crippen molar-refractivity contribution < 1.29 is 4.74 Å². The van der Waals surface area contributed by atoms with Gasteiger partial charge >= 0.3 is 6.01 Å². The minimum absolute atomic E-state index is 0.135. The highest BCUT2D eigenvalue weighted by Crippen LogP contribution is 2.40. The second-order valence-electron chi connectivity index (χ2n) is 11.8. The molecule has 0 unspecified atom stereocenters. The van der Waals surface area contributed by atoms with E-state index in [-0.39, 0.29) is 11.6 Å². The van der Waals surface area contributed by atoms with Crippen molar-refractivity contribution >= 4 is 33.9 Å². The highest BCUT2D eigenvalue weighted by atomic mass is 35.5. The Balaban J connectivity index is 1.23. The Kier molecular flexibility index (Phi) is 6.60. The summed E-state index contributed by atoms with van der Waals surface area (Å²) in [5.74, 6) is 0.951. The maximum absolute atomic E-state index is 9.45. The van der Waals surface area contributed by atoms with E-state index < -0.39 is 0 Å². The van der Waals surface area contributed by atoms with Gasteiger partial charge in [0.25, 0.3) is 0 Å². The van der Waals surface area contributed by atoms with Crippen LogP contribution < -0.4 is 14.5 Å². The zero-order valence-electron chi connectivity index (χ0n) is 23.2. The molecule has 9 heteroatoms. The molecule has 2 aromatic carbocycles. The molecule has 40 heavy (non-hydrogen) atoms. The number of nitriles is 1. The van der Waals surface area contributed by atoms with E-state index in [9.17, 15) is 5.26 Å². The highest BCUT2D eigenvalue weighted by molar-refractivity contribution is 6.36. The van der Waals surface area contributed by atoms with Gasteiger partial charge in [-0.3, -0.25) is 4.90 Å². The molecule has 0 aliphatic carbocycles. The molecule has 208 valence electrons. The summed E-state index contributed by atoms with van der Waals surface area (Å²) in [7, 11) is 2.11. The maximum Gasteiger partial charge on any atom is 0.318 e. The number of likely N-dealkylation sites (tertiary alicyclic amines) is 1. The summed E-state index contributed by atoms with van der Waals surface area (Å²) < 4.78 is 6.49. The predicted octanol–water partition coefficient (Wildman–Crippen LogP) is 4.84. The second kappa shape index (κ2) is 10.3. The third-order valence-corrected chi connectivity index (χ3v) is 9.98. The van der Waals surface area contributed by atoms with Crippen LogP contribution in [-0.2, 0) is 13.0 Å². The molecule has 1 aromatic heterocycles. The molecule has 0 radical (unpaired) electrons. The minimum atomic E-state index is 0.135. The summed E-state index contributed by atoms with van der Waals surface area (Å²) in [6.07, 6.45) is 8.94. The average molecular weight is 558 g/mol. The number of fused-ring (bicyclic) bond motifs is 3. The zero-order chi connectivity index (χ0) is 27.3. The first-order valence-corrected chi connectivity index (χ1v) is 15.0. The van der Waals surface area contributed by atoms with Crippen molar-refractivity contribution in [2.45, 2.75) is 56.7 Å². The summed E-state index contributed by atoms with van der Waals surface area (Å²) in [4.78, 5) is 19.2. The Morgan fingerprint density at radius 2 is 1.90 bits per heavy atom. The van der Waals surface area contributed by atoms with Gasteiger partial charge in [0.15, 0.2) is 6.19 Å². The molecule has 3 fully saturated rings. The van der Waals surface area contributed by atoms with Crippen molar-refractivity contribution in [3.8, 4) is 12.2 Å². The van der Waals surface area contributed by atoms with Crippen LogP contribution in [0.1, 0.15) is 43.4 Å². The molecule has 0 saturated carbocycles. The molecule has 8 nitrogen and oxygen atoms in total. The lowest BCUT2D eigenvalue weighted by Gasteiger charge is -2.35. The van der Waals surface area contributed by atoms with E-state index in [1.807, 2.05) is 17.0 Å². The number of hydrogen-bond donors (Lipinski definition) is 0. The number of anilines is 2. The van der Waals surface area contributed by atoms with Crippen molar-refractivity contribution in [2.24, 2.45) is 0 Å². The molecule has 5 heterocycles. The topological polar surface area (TPSA) is 71.8 Å². The Bertz CT molecular complexity index is 1460. The Hall–Kier alpha value is -3.28. The fourth-order valence-electron chi connectivity index (χ4n) is 7.47. The SMILES string of the molecule is CN(c1nc(OCC23CCCN2CCC3)nc2c1CCN(c1cccc3cccc(Cl)c13)C2)[C@H]1CCN(C#N)C1. The first kappa shape index (κ1) is 25.7. The van der Waals surface area contributed by atoms with Crippen LogP contribution in [0.3, 0.4) is 0 Å². The summed E-state index contributed by atoms with van der Waals surface area (Å²) >= 11 is 6.71. The molecule has 0 bridgehead atoms. The van der Waals surface area contributed by atoms with Gasteiger partial charge in [0.2, 0.25) is 0 Å². The molecule has 4 aliphatic rings. The largest absolute Gasteiger partial charge is 0.461 e. The molecule has 0 amide bonds. The number of aromatic nitrogens is 2. The maximum atomic E-state index is 9.45. The summed E-state index contributed by atoms with van der Waals surface area (Å²) in [6, 6.07) is 13.2. The van der Waals surface area contributed by atoms with Gasteiger partial charge < -0.3 is 19.4 Å². The van der Waals surface area contributed by atoms with E-state index in [0.29, 0.717) is 19.2 Å². The second-order valence-corrected chi connectivity index (χ2v) is 12.3. The number of halogens is 1. The standard InChI is InChI=1S/C31H36ClN7O/c1-36(23-10-16-37(18-23)21-33)29-24-11-17-38(27-9-3-7-22-6-2-8-25(32)28(22)27)19-26(24)34-30(35-29)40-20-31-12-4-14-39(31)15-5-13-31/h2-3,6-9,23H,4-5,10-20H2,1H3/t23-/m0/s1. The quantitative estimate of drug-likeness (QED) is 0.399. The number of rotatable bonds is 6. The van der Waals surface area contributed by atoms with Gasteiger partial charge in [-0.15, -0.1) is 0 Å². The Morgan fingerprint density at radius 3 is 2.67 bits per heavy atom. The first-order chi connectivity index (χ1) is 19.5. The van der Waals surface area contributed by atoms with Crippen molar-refractivity contribution in [3.63, 3.8) is 0 Å². The van der Waals surface area contributed by atoms with E-state index in [0.717, 1.165) is 65.5 Å². The van der Waals surface area contributed by atoms with E-state index >= 15 is 0 Å². The number of benzene rings is 2.